The summed E-state index contributed by atoms with van der Waals surface area (Å²) in [7, 11) is 0. The minimum atomic E-state index is -0.828. The van der Waals surface area contributed by atoms with E-state index in [9.17, 15) is 9.59 Å². The first kappa shape index (κ1) is 15.5. The molecule has 1 aliphatic heterocycles. The summed E-state index contributed by atoms with van der Waals surface area (Å²) < 4.78 is 0. The molecule has 0 radical (unpaired) electrons. The minimum Gasteiger partial charge on any atom is -0.342 e. The Hall–Kier alpha value is -1.84. The second-order valence-electron chi connectivity index (χ2n) is 6.55. The third-order valence-corrected chi connectivity index (χ3v) is 3.90. The molecule has 1 N–H and O–H groups in total. The Morgan fingerprint density at radius 3 is 2.38 bits per heavy atom. The Labute approximate surface area is 126 Å². The summed E-state index contributed by atoms with van der Waals surface area (Å²) in [6.45, 7) is 8.86. The van der Waals surface area contributed by atoms with Gasteiger partial charge in [0.05, 0.1) is 0 Å². The second kappa shape index (κ2) is 5.88. The molecule has 2 rings (SSSR count). The van der Waals surface area contributed by atoms with Gasteiger partial charge in [0.1, 0.15) is 5.54 Å². The average molecular weight is 288 g/mol. The third kappa shape index (κ3) is 3.63. The van der Waals surface area contributed by atoms with Crippen LogP contribution in [0.3, 0.4) is 0 Å². The number of nitrogens with zero attached hydrogens (tertiary/aromatic N) is 1. The third-order valence-electron chi connectivity index (χ3n) is 3.90. The van der Waals surface area contributed by atoms with E-state index in [1.165, 1.54) is 5.56 Å². The van der Waals surface area contributed by atoms with Crippen molar-refractivity contribution in [2.45, 2.75) is 52.1 Å². The van der Waals surface area contributed by atoms with Crippen molar-refractivity contribution < 1.29 is 9.59 Å². The largest absolute Gasteiger partial charge is 0.342 e. The monoisotopic (exact) mass is 288 g/mol. The number of carbonyl (C=O) groups excluding carboxylic acids is 2. The van der Waals surface area contributed by atoms with Crippen LogP contribution >= 0.6 is 0 Å². The standard InChI is InChI=1S/C17H24N2O2/c1-12(2)14-7-5-13(6-8-14)11-19-10-9-15(20)18-17(3,4)16(19)21/h5-8,12H,9-11H2,1-4H3,(H,18,20). The lowest BCUT2D eigenvalue weighted by molar-refractivity contribution is -0.137. The molecule has 0 unspecified atom stereocenters. The minimum absolute atomic E-state index is 0.0266. The SMILES string of the molecule is CC(C)c1ccc(CN2CCC(=O)NC(C)(C)C2=O)cc1. The first-order valence-electron chi connectivity index (χ1n) is 7.49. The smallest absolute Gasteiger partial charge is 0.248 e. The molecule has 4 nitrogen and oxygen atoms in total. The van der Waals surface area contributed by atoms with Crippen molar-refractivity contribution in [2.24, 2.45) is 0 Å². The Balaban J connectivity index is 2.14. The van der Waals surface area contributed by atoms with Gasteiger partial charge in [0.2, 0.25) is 11.8 Å². The van der Waals surface area contributed by atoms with Crippen LogP contribution in [-0.4, -0.2) is 28.8 Å². The molecule has 21 heavy (non-hydrogen) atoms. The van der Waals surface area contributed by atoms with Gasteiger partial charge in [-0.3, -0.25) is 9.59 Å². The highest BCUT2D eigenvalue weighted by molar-refractivity contribution is 5.92. The molecule has 4 heteroatoms. The molecule has 1 aliphatic rings. The summed E-state index contributed by atoms with van der Waals surface area (Å²) in [5.41, 5.74) is 1.56. The maximum Gasteiger partial charge on any atom is 0.248 e. The number of amides is 2. The Morgan fingerprint density at radius 2 is 1.81 bits per heavy atom. The van der Waals surface area contributed by atoms with E-state index in [4.69, 9.17) is 0 Å². The molecule has 1 heterocycles. The van der Waals surface area contributed by atoms with Crippen molar-refractivity contribution in [3.63, 3.8) is 0 Å². The average Bonchev–Trinajstić information content (AvgIpc) is 2.50. The molecule has 0 aromatic heterocycles. The normalized spacial score (nSPS) is 18.6. The summed E-state index contributed by atoms with van der Waals surface area (Å²) >= 11 is 0. The van der Waals surface area contributed by atoms with Crippen molar-refractivity contribution in [3.8, 4) is 0 Å². The van der Waals surface area contributed by atoms with Crippen LogP contribution in [0.1, 0.15) is 51.2 Å². The Bertz CT molecular complexity index is 532. The summed E-state index contributed by atoms with van der Waals surface area (Å²) in [6, 6.07) is 8.35. The van der Waals surface area contributed by atoms with Gasteiger partial charge in [-0.15, -0.1) is 0 Å². The van der Waals surface area contributed by atoms with Crippen LogP contribution in [0.25, 0.3) is 0 Å². The van der Waals surface area contributed by atoms with Crippen LogP contribution in [0.5, 0.6) is 0 Å². The summed E-state index contributed by atoms with van der Waals surface area (Å²) in [4.78, 5) is 25.9. The highest BCUT2D eigenvalue weighted by Crippen LogP contribution is 2.18. The maximum absolute atomic E-state index is 12.5. The highest BCUT2D eigenvalue weighted by atomic mass is 16.2. The van der Waals surface area contributed by atoms with Gasteiger partial charge in [-0.25, -0.2) is 0 Å². The lowest BCUT2D eigenvalue weighted by Gasteiger charge is -2.29. The molecule has 1 aromatic rings. The number of nitrogens with one attached hydrogen (secondary N) is 1. The summed E-state index contributed by atoms with van der Waals surface area (Å²) in [5, 5.41) is 2.78. The predicted octanol–water partition coefficient (Wildman–Crippen LogP) is 2.44. The van der Waals surface area contributed by atoms with E-state index < -0.39 is 5.54 Å². The lowest BCUT2D eigenvalue weighted by Crippen LogP contribution is -2.52. The van der Waals surface area contributed by atoms with E-state index in [1.54, 1.807) is 18.7 Å². The van der Waals surface area contributed by atoms with Crippen LogP contribution in [0.2, 0.25) is 0 Å². The van der Waals surface area contributed by atoms with Crippen LogP contribution < -0.4 is 5.32 Å². The Morgan fingerprint density at radius 1 is 1.19 bits per heavy atom. The first-order chi connectivity index (χ1) is 9.79. The van der Waals surface area contributed by atoms with Crippen LogP contribution in [0.15, 0.2) is 24.3 Å². The molecule has 0 spiro atoms. The quantitative estimate of drug-likeness (QED) is 0.928. The summed E-state index contributed by atoms with van der Waals surface area (Å²) in [6.07, 6.45) is 0.360. The molecular weight excluding hydrogens is 264 g/mol. The molecule has 1 aromatic carbocycles. The van der Waals surface area contributed by atoms with Gasteiger partial charge in [0, 0.05) is 19.5 Å². The van der Waals surface area contributed by atoms with Gasteiger partial charge in [-0.2, -0.15) is 0 Å². The molecule has 0 saturated carbocycles. The molecule has 1 saturated heterocycles. The van der Waals surface area contributed by atoms with E-state index in [0.29, 0.717) is 25.4 Å². The topological polar surface area (TPSA) is 49.4 Å². The van der Waals surface area contributed by atoms with Crippen LogP contribution in [0.4, 0.5) is 0 Å². The van der Waals surface area contributed by atoms with E-state index in [-0.39, 0.29) is 11.8 Å². The van der Waals surface area contributed by atoms with Crippen molar-refractivity contribution in [1.82, 2.24) is 10.2 Å². The van der Waals surface area contributed by atoms with Gasteiger partial charge in [-0.05, 0) is 30.9 Å². The second-order valence-corrected chi connectivity index (χ2v) is 6.55. The number of hydrogen-bond acceptors (Lipinski definition) is 2. The number of hydrogen-bond donors (Lipinski definition) is 1. The fourth-order valence-corrected chi connectivity index (χ4v) is 2.58. The molecule has 1 fully saturated rings. The molecule has 0 aliphatic carbocycles. The lowest BCUT2D eigenvalue weighted by atomic mass is 10.0. The van der Waals surface area contributed by atoms with E-state index >= 15 is 0 Å². The zero-order valence-electron chi connectivity index (χ0n) is 13.3. The van der Waals surface area contributed by atoms with Crippen LogP contribution in [-0.2, 0) is 16.1 Å². The van der Waals surface area contributed by atoms with Gasteiger partial charge in [0.15, 0.2) is 0 Å². The van der Waals surface area contributed by atoms with E-state index in [2.05, 4.69) is 43.4 Å². The van der Waals surface area contributed by atoms with Gasteiger partial charge in [0.25, 0.3) is 0 Å². The zero-order valence-corrected chi connectivity index (χ0v) is 13.3. The zero-order chi connectivity index (χ0) is 15.6. The molecule has 2 amide bonds. The van der Waals surface area contributed by atoms with E-state index in [1.807, 2.05) is 0 Å². The van der Waals surface area contributed by atoms with Crippen LogP contribution in [0, 0.1) is 0 Å². The van der Waals surface area contributed by atoms with E-state index in [0.717, 1.165) is 5.56 Å². The van der Waals surface area contributed by atoms with Crippen molar-refractivity contribution in [3.05, 3.63) is 35.4 Å². The fourth-order valence-electron chi connectivity index (χ4n) is 2.58. The highest BCUT2D eigenvalue weighted by Gasteiger charge is 2.36. The van der Waals surface area contributed by atoms with Gasteiger partial charge < -0.3 is 10.2 Å². The Kier molecular flexibility index (Phi) is 4.35. The number of carbonyl (C=O) groups is 2. The van der Waals surface area contributed by atoms with Crippen molar-refractivity contribution >= 4 is 11.8 Å². The summed E-state index contributed by atoms with van der Waals surface area (Å²) in [5.74, 6) is 0.409. The maximum atomic E-state index is 12.5. The van der Waals surface area contributed by atoms with Gasteiger partial charge in [-0.1, -0.05) is 38.1 Å². The molecular formula is C17H24N2O2. The predicted molar refractivity (Wildman–Crippen MR) is 82.8 cm³/mol. The molecule has 0 bridgehead atoms. The fraction of sp³-hybridized carbons (Fsp3) is 0.529. The molecule has 0 atom stereocenters. The van der Waals surface area contributed by atoms with Gasteiger partial charge >= 0.3 is 0 Å². The van der Waals surface area contributed by atoms with Crippen molar-refractivity contribution in [2.75, 3.05) is 6.54 Å². The number of benzene rings is 1. The molecule has 114 valence electrons. The van der Waals surface area contributed by atoms with Crippen molar-refractivity contribution in [1.29, 1.82) is 0 Å². The first-order valence-corrected chi connectivity index (χ1v) is 7.49. The number of rotatable bonds is 3.